The fraction of sp³-hybridized carbons (Fsp3) is 0.500. The molecule has 1 aliphatic carbocycles. The van der Waals surface area contributed by atoms with E-state index in [0.29, 0.717) is 18.6 Å². The summed E-state index contributed by atoms with van der Waals surface area (Å²) in [6, 6.07) is 7.92. The molecule has 0 amide bonds. The van der Waals surface area contributed by atoms with Gasteiger partial charge in [-0.25, -0.2) is 4.99 Å². The van der Waals surface area contributed by atoms with Crippen molar-refractivity contribution in [3.8, 4) is 0 Å². The average molecular weight is 279 g/mol. The second-order valence-electron chi connectivity index (χ2n) is 6.14. The SMILES string of the molecule is CC1(C)CC(=O)CC(=[NH+]CCc2ccc(Cl)cc2)C1. The van der Waals surface area contributed by atoms with Crippen molar-refractivity contribution in [2.45, 2.75) is 39.5 Å². The number of halogens is 1. The second-order valence-corrected chi connectivity index (χ2v) is 6.58. The molecule has 1 aromatic rings. The minimum Gasteiger partial charge on any atom is -0.299 e. The molecule has 102 valence electrons. The second kappa shape index (κ2) is 5.87. The fourth-order valence-electron chi connectivity index (χ4n) is 2.70. The first-order valence-electron chi connectivity index (χ1n) is 6.79. The van der Waals surface area contributed by atoms with Gasteiger partial charge in [-0.05, 0) is 23.1 Å². The molecular formula is C16H21ClNO+. The van der Waals surface area contributed by atoms with E-state index in [9.17, 15) is 4.79 Å². The van der Waals surface area contributed by atoms with Crippen LogP contribution in [0.3, 0.4) is 0 Å². The van der Waals surface area contributed by atoms with Crippen LogP contribution in [0.5, 0.6) is 0 Å². The van der Waals surface area contributed by atoms with Gasteiger partial charge in [-0.3, -0.25) is 4.79 Å². The molecule has 0 atom stereocenters. The number of carbonyl (C=O) groups is 1. The van der Waals surface area contributed by atoms with Crippen molar-refractivity contribution in [1.29, 1.82) is 0 Å². The molecule has 0 aromatic heterocycles. The molecule has 0 bridgehead atoms. The molecule has 0 spiro atoms. The minimum absolute atomic E-state index is 0.109. The van der Waals surface area contributed by atoms with E-state index in [1.165, 1.54) is 11.3 Å². The lowest BCUT2D eigenvalue weighted by Gasteiger charge is -2.26. The summed E-state index contributed by atoms with van der Waals surface area (Å²) in [5, 5.41) is 0.769. The Balaban J connectivity index is 1.91. The van der Waals surface area contributed by atoms with Crippen molar-refractivity contribution < 1.29 is 9.79 Å². The summed E-state index contributed by atoms with van der Waals surface area (Å²) in [6.45, 7) is 5.19. The van der Waals surface area contributed by atoms with E-state index in [4.69, 9.17) is 11.6 Å². The molecule has 0 heterocycles. The van der Waals surface area contributed by atoms with Gasteiger partial charge >= 0.3 is 0 Å². The van der Waals surface area contributed by atoms with Crippen LogP contribution in [0, 0.1) is 5.41 Å². The van der Waals surface area contributed by atoms with Gasteiger partial charge in [-0.1, -0.05) is 37.6 Å². The number of benzene rings is 1. The molecule has 2 nitrogen and oxygen atoms in total. The first kappa shape index (κ1) is 14.3. The Labute approximate surface area is 119 Å². The van der Waals surface area contributed by atoms with E-state index in [1.54, 1.807) is 0 Å². The molecule has 1 fully saturated rings. The number of rotatable bonds is 3. The predicted octanol–water partition coefficient (Wildman–Crippen LogP) is 2.18. The Hall–Kier alpha value is -1.15. The molecule has 0 aliphatic heterocycles. The van der Waals surface area contributed by atoms with Gasteiger partial charge in [0.05, 0.1) is 6.42 Å². The zero-order valence-corrected chi connectivity index (χ0v) is 12.4. The highest BCUT2D eigenvalue weighted by Crippen LogP contribution is 2.30. The van der Waals surface area contributed by atoms with Crippen LogP contribution in [0.25, 0.3) is 0 Å². The highest BCUT2D eigenvalue weighted by molar-refractivity contribution is 6.30. The van der Waals surface area contributed by atoms with E-state index in [1.807, 2.05) is 24.3 Å². The Bertz CT molecular complexity index is 488. The highest BCUT2D eigenvalue weighted by Gasteiger charge is 2.32. The Morgan fingerprint density at radius 2 is 1.89 bits per heavy atom. The third kappa shape index (κ3) is 4.46. The standard InChI is InChI=1S/C16H20ClNO/c1-16(2)10-14(9-15(19)11-16)18-8-7-12-3-5-13(17)6-4-12/h3-6H,7-11H2,1-2H3/p+1. The third-order valence-electron chi connectivity index (χ3n) is 3.48. The Morgan fingerprint density at radius 3 is 2.53 bits per heavy atom. The largest absolute Gasteiger partial charge is 0.299 e. The van der Waals surface area contributed by atoms with Crippen LogP contribution in [0.15, 0.2) is 24.3 Å². The number of carbonyl (C=O) groups excluding carboxylic acids is 1. The molecule has 1 aliphatic rings. The Kier molecular flexibility index (Phi) is 4.41. The summed E-state index contributed by atoms with van der Waals surface area (Å²) in [6.07, 6.45) is 3.26. The molecule has 1 saturated carbocycles. The average Bonchev–Trinajstić information content (AvgIpc) is 2.29. The lowest BCUT2D eigenvalue weighted by Crippen LogP contribution is -2.74. The zero-order chi connectivity index (χ0) is 13.9. The maximum atomic E-state index is 11.7. The summed E-state index contributed by atoms with van der Waals surface area (Å²) in [7, 11) is 0. The number of nitrogens with one attached hydrogen (secondary N) is 1. The van der Waals surface area contributed by atoms with Crippen LogP contribution < -0.4 is 4.99 Å². The maximum Gasteiger partial charge on any atom is 0.158 e. The quantitative estimate of drug-likeness (QED) is 0.903. The Morgan fingerprint density at radius 1 is 1.21 bits per heavy atom. The van der Waals surface area contributed by atoms with E-state index < -0.39 is 0 Å². The topological polar surface area (TPSA) is 31.0 Å². The van der Waals surface area contributed by atoms with Gasteiger partial charge in [0.25, 0.3) is 0 Å². The summed E-state index contributed by atoms with van der Waals surface area (Å²) in [4.78, 5) is 15.1. The van der Waals surface area contributed by atoms with Crippen LogP contribution in [0.1, 0.15) is 38.7 Å². The first-order chi connectivity index (χ1) is 8.94. The molecule has 0 radical (unpaired) electrons. The normalized spacial score (nSPS) is 20.8. The molecule has 2 rings (SSSR count). The van der Waals surface area contributed by atoms with E-state index in [0.717, 1.165) is 24.4 Å². The molecule has 1 aromatic carbocycles. The third-order valence-corrected chi connectivity index (χ3v) is 3.73. The highest BCUT2D eigenvalue weighted by atomic mass is 35.5. The monoisotopic (exact) mass is 278 g/mol. The fourth-order valence-corrected chi connectivity index (χ4v) is 2.82. The van der Waals surface area contributed by atoms with Gasteiger partial charge < -0.3 is 0 Å². The first-order valence-corrected chi connectivity index (χ1v) is 7.17. The summed E-state index contributed by atoms with van der Waals surface area (Å²) < 4.78 is 0. The van der Waals surface area contributed by atoms with E-state index in [2.05, 4.69) is 18.8 Å². The molecule has 3 heteroatoms. The summed E-state index contributed by atoms with van der Waals surface area (Å²) >= 11 is 5.86. The van der Waals surface area contributed by atoms with Crippen LogP contribution in [-0.2, 0) is 11.2 Å². The van der Waals surface area contributed by atoms with E-state index in [-0.39, 0.29) is 5.41 Å². The van der Waals surface area contributed by atoms with Gasteiger partial charge in [-0.2, -0.15) is 0 Å². The molecule has 0 saturated heterocycles. The number of hydrogen-bond donors (Lipinski definition) is 1. The summed E-state index contributed by atoms with van der Waals surface area (Å²) in [5.74, 6) is 0.352. The van der Waals surface area contributed by atoms with Crippen molar-refractivity contribution in [1.82, 2.24) is 0 Å². The van der Waals surface area contributed by atoms with E-state index >= 15 is 0 Å². The lowest BCUT2D eigenvalue weighted by molar-refractivity contribution is -0.459. The molecule has 19 heavy (non-hydrogen) atoms. The van der Waals surface area contributed by atoms with Crippen molar-refractivity contribution in [3.05, 3.63) is 34.9 Å². The van der Waals surface area contributed by atoms with Crippen LogP contribution >= 0.6 is 11.6 Å². The van der Waals surface area contributed by atoms with Crippen molar-refractivity contribution in [3.63, 3.8) is 0 Å². The number of ketones is 1. The minimum atomic E-state index is 0.109. The van der Waals surface area contributed by atoms with Gasteiger partial charge in [0.2, 0.25) is 0 Å². The molecule has 1 N–H and O–H groups in total. The number of Topliss-reactive ketones (excluding diaryl/α,β-unsaturated/α-hetero) is 1. The van der Waals surface area contributed by atoms with Crippen molar-refractivity contribution in [2.24, 2.45) is 5.41 Å². The predicted molar refractivity (Wildman–Crippen MR) is 78.6 cm³/mol. The summed E-state index contributed by atoms with van der Waals surface area (Å²) in [5.41, 5.74) is 2.56. The van der Waals surface area contributed by atoms with Crippen LogP contribution in [0.2, 0.25) is 5.02 Å². The van der Waals surface area contributed by atoms with Crippen molar-refractivity contribution >= 4 is 23.1 Å². The van der Waals surface area contributed by atoms with Crippen molar-refractivity contribution in [2.75, 3.05) is 6.54 Å². The smallest absolute Gasteiger partial charge is 0.158 e. The number of hydrogen-bond acceptors (Lipinski definition) is 1. The lowest BCUT2D eigenvalue weighted by atomic mass is 9.76. The zero-order valence-electron chi connectivity index (χ0n) is 11.6. The van der Waals surface area contributed by atoms with Gasteiger partial charge in [0.1, 0.15) is 12.3 Å². The van der Waals surface area contributed by atoms with Gasteiger partial charge in [0.15, 0.2) is 5.71 Å². The van der Waals surface area contributed by atoms with Gasteiger partial charge in [-0.15, -0.1) is 0 Å². The maximum absolute atomic E-state index is 11.7. The van der Waals surface area contributed by atoms with Gasteiger partial charge in [0, 0.05) is 24.3 Å². The molecular weight excluding hydrogens is 258 g/mol. The van der Waals surface area contributed by atoms with Crippen LogP contribution in [0.4, 0.5) is 0 Å². The van der Waals surface area contributed by atoms with Crippen LogP contribution in [-0.4, -0.2) is 18.0 Å². The molecule has 0 unspecified atom stereocenters.